The van der Waals surface area contributed by atoms with E-state index in [4.69, 9.17) is 9.84 Å². The van der Waals surface area contributed by atoms with Crippen LogP contribution < -0.4 is 4.74 Å². The molecule has 1 fully saturated rings. The molecule has 1 aliphatic heterocycles. The Morgan fingerprint density at radius 1 is 1.56 bits per heavy atom. The van der Waals surface area contributed by atoms with Crippen LogP contribution in [0.1, 0.15) is 10.4 Å². The second-order valence-corrected chi connectivity index (χ2v) is 4.23. The molecule has 2 rings (SSSR count). The van der Waals surface area contributed by atoms with Crippen LogP contribution in [-0.4, -0.2) is 42.7 Å². The Hall–Kier alpha value is -1.55. The van der Waals surface area contributed by atoms with Crippen LogP contribution in [0, 0.1) is 5.92 Å². The normalized spacial score (nSPS) is 16.8. The summed E-state index contributed by atoms with van der Waals surface area (Å²) in [4.78, 5) is 13.0. The molecule has 1 aromatic rings. The lowest BCUT2D eigenvalue weighted by Gasteiger charge is -2.35. The van der Waals surface area contributed by atoms with Gasteiger partial charge in [-0.05, 0) is 25.2 Å². The molecule has 1 N–H and O–H groups in total. The molecular weight excluding hydrogens is 206 g/mol. The molecule has 0 bridgehead atoms. The minimum absolute atomic E-state index is 0.267. The van der Waals surface area contributed by atoms with Gasteiger partial charge in [0.05, 0.1) is 12.2 Å². The van der Waals surface area contributed by atoms with Gasteiger partial charge in [-0.25, -0.2) is 4.79 Å². The van der Waals surface area contributed by atoms with E-state index in [2.05, 4.69) is 11.9 Å². The number of aromatic carboxylic acids is 1. The third-order valence-corrected chi connectivity index (χ3v) is 2.71. The lowest BCUT2D eigenvalue weighted by atomic mass is 10.0. The summed E-state index contributed by atoms with van der Waals surface area (Å²) >= 11 is 0. The van der Waals surface area contributed by atoms with Gasteiger partial charge in [-0.15, -0.1) is 0 Å². The SMILES string of the molecule is CN1CC(COc2cccc(C(=O)O)c2)C1. The molecule has 4 heteroatoms. The molecule has 86 valence electrons. The van der Waals surface area contributed by atoms with Crippen molar-refractivity contribution in [1.29, 1.82) is 0 Å². The minimum atomic E-state index is -0.922. The van der Waals surface area contributed by atoms with E-state index in [-0.39, 0.29) is 5.56 Å². The van der Waals surface area contributed by atoms with E-state index >= 15 is 0 Å². The third-order valence-electron chi connectivity index (χ3n) is 2.71. The van der Waals surface area contributed by atoms with E-state index in [1.807, 2.05) is 0 Å². The molecule has 16 heavy (non-hydrogen) atoms. The van der Waals surface area contributed by atoms with Gasteiger partial charge in [0.1, 0.15) is 5.75 Å². The van der Waals surface area contributed by atoms with E-state index in [1.165, 1.54) is 0 Å². The summed E-state index contributed by atoms with van der Waals surface area (Å²) in [5.74, 6) is 0.279. The molecule has 0 radical (unpaired) electrons. The molecule has 0 saturated carbocycles. The Bertz CT molecular complexity index is 386. The highest BCUT2D eigenvalue weighted by molar-refractivity contribution is 5.87. The van der Waals surface area contributed by atoms with Crippen LogP contribution in [0.5, 0.6) is 5.75 Å². The van der Waals surface area contributed by atoms with Crippen molar-refractivity contribution in [3.8, 4) is 5.75 Å². The summed E-state index contributed by atoms with van der Waals surface area (Å²) in [5.41, 5.74) is 0.267. The van der Waals surface area contributed by atoms with Crippen molar-refractivity contribution in [1.82, 2.24) is 4.90 Å². The number of hydrogen-bond donors (Lipinski definition) is 1. The average molecular weight is 221 g/mol. The van der Waals surface area contributed by atoms with Crippen molar-refractivity contribution in [3.05, 3.63) is 29.8 Å². The van der Waals surface area contributed by atoms with Crippen molar-refractivity contribution >= 4 is 5.97 Å². The number of benzene rings is 1. The lowest BCUT2D eigenvalue weighted by Crippen LogP contribution is -2.46. The zero-order valence-corrected chi connectivity index (χ0v) is 9.22. The van der Waals surface area contributed by atoms with Gasteiger partial charge < -0.3 is 14.7 Å². The van der Waals surface area contributed by atoms with Gasteiger partial charge in [0.15, 0.2) is 0 Å². The van der Waals surface area contributed by atoms with Gasteiger partial charge in [-0.2, -0.15) is 0 Å². The van der Waals surface area contributed by atoms with E-state index < -0.39 is 5.97 Å². The van der Waals surface area contributed by atoms with Gasteiger partial charge in [0, 0.05) is 19.0 Å². The summed E-state index contributed by atoms with van der Waals surface area (Å²) in [6.07, 6.45) is 0. The Kier molecular flexibility index (Phi) is 3.10. The standard InChI is InChI=1S/C12H15NO3/c1-13-6-9(7-13)8-16-11-4-2-3-10(5-11)12(14)15/h2-5,9H,6-8H2,1H3,(H,14,15). The summed E-state index contributed by atoms with van der Waals surface area (Å²) in [7, 11) is 2.07. The van der Waals surface area contributed by atoms with Gasteiger partial charge in [-0.3, -0.25) is 0 Å². The fraction of sp³-hybridized carbons (Fsp3) is 0.417. The van der Waals surface area contributed by atoms with Crippen LogP contribution in [0.3, 0.4) is 0 Å². The number of rotatable bonds is 4. The third kappa shape index (κ3) is 2.52. The maximum Gasteiger partial charge on any atom is 0.335 e. The number of nitrogens with zero attached hydrogens (tertiary/aromatic N) is 1. The highest BCUT2D eigenvalue weighted by Crippen LogP contribution is 2.17. The molecule has 0 unspecified atom stereocenters. The topological polar surface area (TPSA) is 49.8 Å². The van der Waals surface area contributed by atoms with Crippen molar-refractivity contribution in [3.63, 3.8) is 0 Å². The van der Waals surface area contributed by atoms with Gasteiger partial charge >= 0.3 is 5.97 Å². The first-order valence-electron chi connectivity index (χ1n) is 5.30. The van der Waals surface area contributed by atoms with Gasteiger partial charge in [0.2, 0.25) is 0 Å². The molecule has 0 aromatic heterocycles. The van der Waals surface area contributed by atoms with Crippen LogP contribution in [0.15, 0.2) is 24.3 Å². The monoisotopic (exact) mass is 221 g/mol. The fourth-order valence-electron chi connectivity index (χ4n) is 1.87. The van der Waals surface area contributed by atoms with E-state index in [1.54, 1.807) is 24.3 Å². The summed E-state index contributed by atoms with van der Waals surface area (Å²) < 4.78 is 5.56. The molecule has 1 saturated heterocycles. The molecule has 1 heterocycles. The molecule has 0 aliphatic carbocycles. The first kappa shape index (κ1) is 11.0. The number of hydrogen-bond acceptors (Lipinski definition) is 3. The number of carboxylic acid groups (broad SMARTS) is 1. The molecule has 1 aromatic carbocycles. The van der Waals surface area contributed by atoms with Gasteiger partial charge in [0.25, 0.3) is 0 Å². The van der Waals surface area contributed by atoms with Crippen molar-refractivity contribution in [2.24, 2.45) is 5.92 Å². The predicted molar refractivity (Wildman–Crippen MR) is 59.9 cm³/mol. The largest absolute Gasteiger partial charge is 0.493 e. The Morgan fingerprint density at radius 3 is 2.94 bits per heavy atom. The van der Waals surface area contributed by atoms with Crippen molar-refractivity contribution < 1.29 is 14.6 Å². The quantitative estimate of drug-likeness (QED) is 0.833. The van der Waals surface area contributed by atoms with Crippen LogP contribution in [0.2, 0.25) is 0 Å². The first-order valence-corrected chi connectivity index (χ1v) is 5.30. The van der Waals surface area contributed by atoms with Crippen LogP contribution in [0.25, 0.3) is 0 Å². The molecule has 1 aliphatic rings. The molecule has 0 atom stereocenters. The first-order chi connectivity index (χ1) is 7.65. The van der Waals surface area contributed by atoms with E-state index in [9.17, 15) is 4.79 Å². The zero-order valence-electron chi connectivity index (χ0n) is 9.22. The number of ether oxygens (including phenoxy) is 1. The average Bonchev–Trinajstić information content (AvgIpc) is 2.23. The van der Waals surface area contributed by atoms with Crippen LogP contribution in [-0.2, 0) is 0 Å². The van der Waals surface area contributed by atoms with Crippen LogP contribution >= 0.6 is 0 Å². The van der Waals surface area contributed by atoms with Crippen molar-refractivity contribution in [2.75, 3.05) is 26.7 Å². The predicted octanol–water partition coefficient (Wildman–Crippen LogP) is 1.33. The van der Waals surface area contributed by atoms with Crippen molar-refractivity contribution in [2.45, 2.75) is 0 Å². The highest BCUT2D eigenvalue weighted by atomic mass is 16.5. The Labute approximate surface area is 94.4 Å². The molecule has 0 amide bonds. The van der Waals surface area contributed by atoms with Gasteiger partial charge in [-0.1, -0.05) is 6.07 Å². The zero-order chi connectivity index (χ0) is 11.5. The Morgan fingerprint density at radius 2 is 2.31 bits per heavy atom. The lowest BCUT2D eigenvalue weighted by molar-refractivity contribution is 0.0695. The number of carboxylic acids is 1. The van der Waals surface area contributed by atoms with E-state index in [0.717, 1.165) is 13.1 Å². The maximum absolute atomic E-state index is 10.7. The number of likely N-dealkylation sites (tertiary alicyclic amines) is 1. The van der Waals surface area contributed by atoms with Crippen LogP contribution in [0.4, 0.5) is 0 Å². The summed E-state index contributed by atoms with van der Waals surface area (Å²) in [5, 5.41) is 8.82. The summed E-state index contributed by atoms with van der Waals surface area (Å²) in [6.45, 7) is 2.77. The Balaban J connectivity index is 1.89. The highest BCUT2D eigenvalue weighted by Gasteiger charge is 2.23. The minimum Gasteiger partial charge on any atom is -0.493 e. The second-order valence-electron chi connectivity index (χ2n) is 4.23. The fourth-order valence-corrected chi connectivity index (χ4v) is 1.87. The maximum atomic E-state index is 10.7. The second kappa shape index (κ2) is 4.53. The molecule has 0 spiro atoms. The molecular formula is C12H15NO3. The smallest absolute Gasteiger partial charge is 0.335 e. The summed E-state index contributed by atoms with van der Waals surface area (Å²) in [6, 6.07) is 6.61. The molecule has 4 nitrogen and oxygen atoms in total. The van der Waals surface area contributed by atoms with E-state index in [0.29, 0.717) is 18.3 Å². The number of carbonyl (C=O) groups is 1.